The summed E-state index contributed by atoms with van der Waals surface area (Å²) in [6.07, 6.45) is 3.37. The van der Waals surface area contributed by atoms with Crippen molar-refractivity contribution in [2.24, 2.45) is 0 Å². The van der Waals surface area contributed by atoms with Gasteiger partial charge in [-0.05, 0) is 61.7 Å². The van der Waals surface area contributed by atoms with Gasteiger partial charge in [-0.15, -0.1) is 0 Å². The summed E-state index contributed by atoms with van der Waals surface area (Å²) in [6.45, 7) is 6.55. The zero-order chi connectivity index (χ0) is 16.8. The number of carbonyl (C=O) groups excluding carboxylic acids is 1. The average molecular weight is 310 g/mol. The minimum atomic E-state index is -0.0130. The lowest BCUT2D eigenvalue weighted by Gasteiger charge is -2.09. The monoisotopic (exact) mass is 310 g/mol. The molecule has 0 atom stereocenters. The summed E-state index contributed by atoms with van der Waals surface area (Å²) in [5.74, 6) is 1.35. The highest BCUT2D eigenvalue weighted by molar-refractivity contribution is 6.07. The fourth-order valence-electron chi connectivity index (χ4n) is 2.23. The number of hydrogen-bond donors (Lipinski definition) is 0. The van der Waals surface area contributed by atoms with E-state index in [1.165, 1.54) is 5.56 Å². The Kier molecular flexibility index (Phi) is 5.58. The molecule has 2 aromatic carbocycles. The van der Waals surface area contributed by atoms with Crippen molar-refractivity contribution < 1.29 is 14.3 Å². The number of ether oxygens (including phenoxy) is 2. The van der Waals surface area contributed by atoms with Crippen LogP contribution >= 0.6 is 0 Å². The second-order valence-corrected chi connectivity index (χ2v) is 5.34. The molecule has 0 unspecified atom stereocenters. The van der Waals surface area contributed by atoms with Crippen molar-refractivity contribution in [2.45, 2.75) is 20.8 Å². The number of rotatable bonds is 6. The van der Waals surface area contributed by atoms with Gasteiger partial charge >= 0.3 is 0 Å². The van der Waals surface area contributed by atoms with Gasteiger partial charge in [0.05, 0.1) is 13.7 Å². The van der Waals surface area contributed by atoms with Gasteiger partial charge in [0.25, 0.3) is 0 Å². The summed E-state index contributed by atoms with van der Waals surface area (Å²) in [4.78, 5) is 12.3. The highest BCUT2D eigenvalue weighted by Crippen LogP contribution is 2.28. The van der Waals surface area contributed by atoms with Crippen LogP contribution in [0, 0.1) is 13.8 Å². The van der Waals surface area contributed by atoms with Crippen LogP contribution in [0.5, 0.6) is 11.5 Å². The third-order valence-electron chi connectivity index (χ3n) is 3.71. The number of aryl methyl sites for hydroxylation is 2. The van der Waals surface area contributed by atoms with E-state index in [2.05, 4.69) is 0 Å². The van der Waals surface area contributed by atoms with E-state index >= 15 is 0 Å². The Bertz CT molecular complexity index is 730. The van der Waals surface area contributed by atoms with E-state index in [0.29, 0.717) is 23.7 Å². The molecule has 120 valence electrons. The average Bonchev–Trinajstić information content (AvgIpc) is 2.56. The lowest BCUT2D eigenvalue weighted by molar-refractivity contribution is 0.104. The minimum Gasteiger partial charge on any atom is -0.493 e. The smallest absolute Gasteiger partial charge is 0.185 e. The third-order valence-corrected chi connectivity index (χ3v) is 3.71. The van der Waals surface area contributed by atoms with Gasteiger partial charge in [-0.2, -0.15) is 0 Å². The molecule has 0 N–H and O–H groups in total. The van der Waals surface area contributed by atoms with Gasteiger partial charge in [-0.25, -0.2) is 0 Å². The van der Waals surface area contributed by atoms with Crippen LogP contribution in [0.3, 0.4) is 0 Å². The molecule has 0 aromatic heterocycles. The van der Waals surface area contributed by atoms with Crippen molar-refractivity contribution in [1.82, 2.24) is 0 Å². The molecular weight excluding hydrogens is 288 g/mol. The molecule has 0 aliphatic rings. The van der Waals surface area contributed by atoms with E-state index in [1.54, 1.807) is 19.3 Å². The van der Waals surface area contributed by atoms with Crippen LogP contribution in [0.25, 0.3) is 6.08 Å². The van der Waals surface area contributed by atoms with Gasteiger partial charge in [0, 0.05) is 5.56 Å². The second kappa shape index (κ2) is 7.63. The third kappa shape index (κ3) is 4.22. The van der Waals surface area contributed by atoms with Crippen LogP contribution in [-0.2, 0) is 0 Å². The summed E-state index contributed by atoms with van der Waals surface area (Å²) in [7, 11) is 1.60. The first kappa shape index (κ1) is 16.8. The highest BCUT2D eigenvalue weighted by Gasteiger charge is 2.06. The molecule has 2 aromatic rings. The number of benzene rings is 2. The Labute approximate surface area is 137 Å². The lowest BCUT2D eigenvalue weighted by atomic mass is 10.0. The number of ketones is 1. The van der Waals surface area contributed by atoms with E-state index < -0.39 is 0 Å². The zero-order valence-electron chi connectivity index (χ0n) is 14.1. The lowest BCUT2D eigenvalue weighted by Crippen LogP contribution is -1.96. The SMILES string of the molecule is CCOc1ccc(C=CC(=O)c2ccc(C)c(C)c2)cc1OC. The Hall–Kier alpha value is -2.55. The van der Waals surface area contributed by atoms with Crippen molar-refractivity contribution in [1.29, 1.82) is 0 Å². The van der Waals surface area contributed by atoms with Gasteiger partial charge in [0.15, 0.2) is 17.3 Å². The van der Waals surface area contributed by atoms with Crippen molar-refractivity contribution in [3.8, 4) is 11.5 Å². The first-order valence-electron chi connectivity index (χ1n) is 7.65. The highest BCUT2D eigenvalue weighted by atomic mass is 16.5. The van der Waals surface area contributed by atoms with E-state index in [1.807, 2.05) is 57.2 Å². The molecule has 0 aliphatic carbocycles. The van der Waals surface area contributed by atoms with Crippen molar-refractivity contribution in [2.75, 3.05) is 13.7 Å². The molecule has 0 fully saturated rings. The summed E-state index contributed by atoms with van der Waals surface area (Å²) < 4.78 is 10.8. The predicted octanol–water partition coefficient (Wildman–Crippen LogP) is 4.61. The zero-order valence-corrected chi connectivity index (χ0v) is 14.1. The van der Waals surface area contributed by atoms with Crippen LogP contribution < -0.4 is 9.47 Å². The Balaban J connectivity index is 2.18. The molecule has 2 rings (SSSR count). The fraction of sp³-hybridized carbons (Fsp3) is 0.250. The molecule has 0 radical (unpaired) electrons. The summed E-state index contributed by atoms with van der Waals surface area (Å²) in [5.41, 5.74) is 3.89. The van der Waals surface area contributed by atoms with Gasteiger partial charge in [0.2, 0.25) is 0 Å². The maximum absolute atomic E-state index is 12.3. The molecular formula is C20H22O3. The Morgan fingerprint density at radius 2 is 1.83 bits per heavy atom. The summed E-state index contributed by atoms with van der Waals surface area (Å²) in [5, 5.41) is 0. The van der Waals surface area contributed by atoms with E-state index in [9.17, 15) is 4.79 Å². The van der Waals surface area contributed by atoms with Gasteiger partial charge in [0.1, 0.15) is 0 Å². The van der Waals surface area contributed by atoms with E-state index in [-0.39, 0.29) is 5.78 Å². The number of methoxy groups -OCH3 is 1. The number of allylic oxidation sites excluding steroid dienone is 1. The number of hydrogen-bond acceptors (Lipinski definition) is 3. The standard InChI is InChI=1S/C20H22O3/c1-5-23-19-11-8-16(13-20(19)22-4)7-10-18(21)17-9-6-14(2)15(3)12-17/h6-13H,5H2,1-4H3. The number of carbonyl (C=O) groups is 1. The van der Waals surface area contributed by atoms with Crippen molar-refractivity contribution >= 4 is 11.9 Å². The second-order valence-electron chi connectivity index (χ2n) is 5.34. The van der Waals surface area contributed by atoms with Crippen molar-refractivity contribution in [3.05, 3.63) is 64.7 Å². The maximum atomic E-state index is 12.3. The fourth-order valence-corrected chi connectivity index (χ4v) is 2.23. The van der Waals surface area contributed by atoms with Crippen LogP contribution in [0.2, 0.25) is 0 Å². The summed E-state index contributed by atoms with van der Waals surface area (Å²) >= 11 is 0. The largest absolute Gasteiger partial charge is 0.493 e. The molecule has 0 saturated carbocycles. The molecule has 0 spiro atoms. The maximum Gasteiger partial charge on any atom is 0.185 e. The first-order valence-corrected chi connectivity index (χ1v) is 7.65. The van der Waals surface area contributed by atoms with Crippen LogP contribution in [0.1, 0.15) is 34.0 Å². The molecule has 0 saturated heterocycles. The molecule has 23 heavy (non-hydrogen) atoms. The minimum absolute atomic E-state index is 0.0130. The molecule has 0 heterocycles. The quantitative estimate of drug-likeness (QED) is 0.577. The van der Waals surface area contributed by atoms with E-state index in [0.717, 1.165) is 11.1 Å². The predicted molar refractivity (Wildman–Crippen MR) is 93.4 cm³/mol. The normalized spacial score (nSPS) is 10.8. The van der Waals surface area contributed by atoms with Crippen LogP contribution in [0.4, 0.5) is 0 Å². The van der Waals surface area contributed by atoms with Gasteiger partial charge in [-0.3, -0.25) is 4.79 Å². The Morgan fingerprint density at radius 1 is 1.04 bits per heavy atom. The molecule has 0 amide bonds. The molecule has 0 bridgehead atoms. The van der Waals surface area contributed by atoms with Crippen LogP contribution in [0.15, 0.2) is 42.5 Å². The van der Waals surface area contributed by atoms with Gasteiger partial charge < -0.3 is 9.47 Å². The topological polar surface area (TPSA) is 35.5 Å². The molecule has 0 aliphatic heterocycles. The van der Waals surface area contributed by atoms with Crippen LogP contribution in [-0.4, -0.2) is 19.5 Å². The first-order chi connectivity index (χ1) is 11.0. The molecule has 3 nitrogen and oxygen atoms in total. The Morgan fingerprint density at radius 3 is 2.48 bits per heavy atom. The van der Waals surface area contributed by atoms with Gasteiger partial charge in [-0.1, -0.05) is 24.3 Å². The molecule has 3 heteroatoms. The van der Waals surface area contributed by atoms with Crippen molar-refractivity contribution in [3.63, 3.8) is 0 Å². The van der Waals surface area contributed by atoms with E-state index in [4.69, 9.17) is 9.47 Å². The summed E-state index contributed by atoms with van der Waals surface area (Å²) in [6, 6.07) is 11.3.